The molecule has 0 fully saturated rings. The van der Waals surface area contributed by atoms with Gasteiger partial charge in [-0.1, -0.05) is 13.8 Å². The maximum absolute atomic E-state index is 11.2. The van der Waals surface area contributed by atoms with Crippen LogP contribution in [0.1, 0.15) is 38.2 Å². The van der Waals surface area contributed by atoms with Crippen LogP contribution in [-0.2, 0) is 4.79 Å². The minimum absolute atomic E-state index is 0.405. The molecule has 0 spiro atoms. The number of hydrogen-bond acceptors (Lipinski definition) is 7. The van der Waals surface area contributed by atoms with Crippen LogP contribution in [0.3, 0.4) is 0 Å². The lowest BCUT2D eigenvalue weighted by Crippen LogP contribution is -2.14. The number of rotatable bonds is 9. The Hall–Kier alpha value is -3.60. The Morgan fingerprint density at radius 2 is 1.87 bits per heavy atom. The molecule has 8 heteroatoms. The Morgan fingerprint density at radius 3 is 2.42 bits per heavy atom. The van der Waals surface area contributed by atoms with Crippen LogP contribution >= 0.6 is 0 Å². The van der Waals surface area contributed by atoms with Crippen molar-refractivity contribution in [3.8, 4) is 34.6 Å². The molecule has 0 saturated heterocycles. The lowest BCUT2D eigenvalue weighted by atomic mass is 9.85. The van der Waals surface area contributed by atoms with Gasteiger partial charge >= 0.3 is 0 Å². The summed E-state index contributed by atoms with van der Waals surface area (Å²) in [5.41, 5.74) is 2.86. The van der Waals surface area contributed by atoms with Crippen LogP contribution in [0, 0.1) is 16.7 Å². The molecule has 1 N–H and O–H groups in total. The van der Waals surface area contributed by atoms with Crippen molar-refractivity contribution in [2.75, 3.05) is 21.3 Å². The number of nitrogens with zero attached hydrogens (tertiary/aromatic N) is 3. The highest BCUT2D eigenvalue weighted by Gasteiger charge is 2.23. The van der Waals surface area contributed by atoms with Crippen molar-refractivity contribution in [3.63, 3.8) is 0 Å². The third-order valence-electron chi connectivity index (χ3n) is 5.30. The molecule has 0 radical (unpaired) electrons. The number of aromatic amines is 1. The molecule has 8 nitrogen and oxygen atoms in total. The van der Waals surface area contributed by atoms with Crippen LogP contribution in [0.15, 0.2) is 24.5 Å². The first-order valence-electron chi connectivity index (χ1n) is 9.87. The normalized spacial score (nSPS) is 12.3. The summed E-state index contributed by atoms with van der Waals surface area (Å²) in [5.74, 6) is 1.11. The third-order valence-corrected chi connectivity index (χ3v) is 5.30. The quantitative estimate of drug-likeness (QED) is 0.513. The number of ether oxygens (including phenoxy) is 3. The number of nitriles is 1. The fraction of sp³-hybridized carbons (Fsp3) is 0.391. The second kappa shape index (κ2) is 9.04. The van der Waals surface area contributed by atoms with E-state index in [1.807, 2.05) is 13.8 Å². The highest BCUT2D eigenvalue weighted by molar-refractivity contribution is 5.80. The maximum atomic E-state index is 11.2. The Balaban J connectivity index is 2.04. The van der Waals surface area contributed by atoms with Gasteiger partial charge in [0.1, 0.15) is 11.8 Å². The van der Waals surface area contributed by atoms with Crippen LogP contribution in [0.2, 0.25) is 0 Å². The zero-order valence-electron chi connectivity index (χ0n) is 18.4. The standard InChI is InChI=1S/C23H26N4O4/c1-23(2,13-28)7-6-14(10-24)16-11-25-22-20(16)27-17(12-26-22)15-8-18(29-3)21(31-5)19(9-15)30-4/h8-9,11-14H,6-7H2,1-5H3,(H,25,26). The topological polar surface area (TPSA) is 110 Å². The van der Waals surface area contributed by atoms with E-state index in [9.17, 15) is 10.1 Å². The molecule has 3 aromatic rings. The minimum Gasteiger partial charge on any atom is -0.493 e. The summed E-state index contributed by atoms with van der Waals surface area (Å²) < 4.78 is 16.3. The minimum atomic E-state index is -0.478. The van der Waals surface area contributed by atoms with E-state index in [0.717, 1.165) is 17.4 Å². The van der Waals surface area contributed by atoms with Crippen molar-refractivity contribution in [2.45, 2.75) is 32.6 Å². The molecule has 0 aliphatic carbocycles. The molecule has 0 aliphatic rings. The molecule has 0 saturated carbocycles. The molecule has 1 aromatic carbocycles. The fourth-order valence-electron chi connectivity index (χ4n) is 3.41. The number of carbonyl (C=O) groups excluding carboxylic acids is 1. The summed E-state index contributed by atoms with van der Waals surface area (Å²) in [7, 11) is 4.66. The molecule has 0 bridgehead atoms. The van der Waals surface area contributed by atoms with Gasteiger partial charge in [-0.05, 0) is 25.0 Å². The summed E-state index contributed by atoms with van der Waals surface area (Å²) in [6.07, 6.45) is 5.50. The van der Waals surface area contributed by atoms with Crippen LogP contribution in [-0.4, -0.2) is 42.6 Å². The zero-order chi connectivity index (χ0) is 22.6. The molecule has 3 rings (SSSR count). The Labute approximate surface area is 181 Å². The second-order valence-electron chi connectivity index (χ2n) is 7.94. The summed E-state index contributed by atoms with van der Waals surface area (Å²) in [6.45, 7) is 3.73. The summed E-state index contributed by atoms with van der Waals surface area (Å²) in [6, 6.07) is 5.95. The van der Waals surface area contributed by atoms with Crippen molar-refractivity contribution in [1.29, 1.82) is 5.26 Å². The predicted octanol–water partition coefficient (Wildman–Crippen LogP) is 4.26. The average Bonchev–Trinajstić information content (AvgIpc) is 3.21. The lowest BCUT2D eigenvalue weighted by molar-refractivity contribution is -0.115. The first-order chi connectivity index (χ1) is 14.9. The summed E-state index contributed by atoms with van der Waals surface area (Å²) in [5, 5.41) is 9.76. The van der Waals surface area contributed by atoms with Gasteiger partial charge in [-0.3, -0.25) is 0 Å². The van der Waals surface area contributed by atoms with E-state index in [2.05, 4.69) is 16.0 Å². The summed E-state index contributed by atoms with van der Waals surface area (Å²) >= 11 is 0. The van der Waals surface area contributed by atoms with E-state index in [0.29, 0.717) is 46.9 Å². The van der Waals surface area contributed by atoms with E-state index in [1.54, 1.807) is 45.9 Å². The van der Waals surface area contributed by atoms with Crippen LogP contribution in [0.4, 0.5) is 0 Å². The molecule has 31 heavy (non-hydrogen) atoms. The van der Waals surface area contributed by atoms with Gasteiger partial charge in [0.2, 0.25) is 5.75 Å². The van der Waals surface area contributed by atoms with Gasteiger partial charge in [-0.25, -0.2) is 9.97 Å². The first-order valence-corrected chi connectivity index (χ1v) is 9.87. The van der Waals surface area contributed by atoms with Crippen molar-refractivity contribution < 1.29 is 19.0 Å². The van der Waals surface area contributed by atoms with Gasteiger partial charge in [0.25, 0.3) is 0 Å². The van der Waals surface area contributed by atoms with Crippen molar-refractivity contribution in [3.05, 3.63) is 30.1 Å². The molecular formula is C23H26N4O4. The molecule has 0 aliphatic heterocycles. The summed E-state index contributed by atoms with van der Waals surface area (Å²) in [4.78, 5) is 23.6. The van der Waals surface area contributed by atoms with Crippen molar-refractivity contribution >= 4 is 17.5 Å². The lowest BCUT2D eigenvalue weighted by Gasteiger charge is -2.18. The maximum Gasteiger partial charge on any atom is 0.203 e. The first kappa shape index (κ1) is 22.1. The van der Waals surface area contributed by atoms with Crippen LogP contribution < -0.4 is 14.2 Å². The SMILES string of the molecule is COc1cc(-c2cnc3[nH]cc(C(C#N)CCC(C)(C)C=O)c3n2)cc(OC)c1OC. The van der Waals surface area contributed by atoms with E-state index < -0.39 is 11.3 Å². The van der Waals surface area contributed by atoms with Gasteiger partial charge in [-0.2, -0.15) is 5.26 Å². The molecule has 2 aromatic heterocycles. The van der Waals surface area contributed by atoms with Crippen LogP contribution in [0.25, 0.3) is 22.4 Å². The molecule has 0 amide bonds. The van der Waals surface area contributed by atoms with Crippen molar-refractivity contribution in [2.24, 2.45) is 5.41 Å². The number of H-pyrrole nitrogens is 1. The number of fused-ring (bicyclic) bond motifs is 1. The number of methoxy groups -OCH3 is 3. The van der Waals surface area contributed by atoms with E-state index in [4.69, 9.17) is 19.2 Å². The number of benzene rings is 1. The fourth-order valence-corrected chi connectivity index (χ4v) is 3.41. The third kappa shape index (κ3) is 4.45. The average molecular weight is 422 g/mol. The van der Waals surface area contributed by atoms with Gasteiger partial charge in [0.15, 0.2) is 17.1 Å². The number of hydrogen-bond donors (Lipinski definition) is 1. The van der Waals surface area contributed by atoms with E-state index in [1.165, 1.54) is 0 Å². The van der Waals surface area contributed by atoms with Gasteiger partial charge in [0.05, 0.1) is 45.2 Å². The van der Waals surface area contributed by atoms with E-state index >= 15 is 0 Å². The largest absolute Gasteiger partial charge is 0.493 e. The Kier molecular flexibility index (Phi) is 6.44. The van der Waals surface area contributed by atoms with Crippen LogP contribution in [0.5, 0.6) is 17.2 Å². The Morgan fingerprint density at radius 1 is 1.19 bits per heavy atom. The molecule has 1 unspecified atom stereocenters. The van der Waals surface area contributed by atoms with Gasteiger partial charge in [-0.15, -0.1) is 0 Å². The molecule has 1 atom stereocenters. The number of aldehydes is 1. The van der Waals surface area contributed by atoms with Gasteiger partial charge in [0, 0.05) is 22.7 Å². The highest BCUT2D eigenvalue weighted by Crippen LogP contribution is 2.41. The molecule has 162 valence electrons. The van der Waals surface area contributed by atoms with Gasteiger partial charge < -0.3 is 24.0 Å². The monoisotopic (exact) mass is 422 g/mol. The molecule has 2 heterocycles. The van der Waals surface area contributed by atoms with Crippen molar-refractivity contribution in [1.82, 2.24) is 15.0 Å². The van der Waals surface area contributed by atoms with E-state index in [-0.39, 0.29) is 0 Å². The number of carbonyl (C=O) groups is 1. The number of nitrogens with one attached hydrogen (secondary N) is 1. The second-order valence-corrected chi connectivity index (χ2v) is 7.94. The zero-order valence-corrected chi connectivity index (χ0v) is 18.4. The molecular weight excluding hydrogens is 396 g/mol. The Bertz CT molecular complexity index is 1110. The number of aromatic nitrogens is 3. The smallest absolute Gasteiger partial charge is 0.203 e. The predicted molar refractivity (Wildman–Crippen MR) is 116 cm³/mol. The highest BCUT2D eigenvalue weighted by atomic mass is 16.5.